The maximum absolute atomic E-state index is 4.64. The molecule has 0 bridgehead atoms. The molecule has 2 nitrogen and oxygen atoms in total. The quantitative estimate of drug-likeness (QED) is 0.419. The first-order valence-corrected chi connectivity index (χ1v) is 9.70. The normalized spacial score (nSPS) is 19.5. The maximum Gasteiger partial charge on any atom is 0.0640 e. The maximum atomic E-state index is 4.64. The Morgan fingerprint density at radius 2 is 2.04 bits per heavy atom. The van der Waals surface area contributed by atoms with Gasteiger partial charge in [-0.2, -0.15) is 0 Å². The van der Waals surface area contributed by atoms with E-state index in [0.717, 1.165) is 12.2 Å². The van der Waals surface area contributed by atoms with E-state index in [1.807, 2.05) is 18.3 Å². The average Bonchev–Trinajstić information content (AvgIpc) is 2.53. The van der Waals surface area contributed by atoms with Gasteiger partial charge in [-0.15, -0.1) is 0 Å². The molecule has 1 aliphatic heterocycles. The predicted molar refractivity (Wildman–Crippen MR) is 113 cm³/mol. The third-order valence-electron chi connectivity index (χ3n) is 4.90. The Kier molecular flexibility index (Phi) is 5.00. The first-order chi connectivity index (χ1) is 11.4. The molecule has 0 radical (unpaired) electrons. The lowest BCUT2D eigenvalue weighted by Gasteiger charge is -2.47. The van der Waals surface area contributed by atoms with Gasteiger partial charge in [-0.1, -0.05) is 19.1 Å². The van der Waals surface area contributed by atoms with Gasteiger partial charge in [0.1, 0.15) is 0 Å². The lowest BCUT2D eigenvalue weighted by molar-refractivity contribution is 0.381. The smallest absolute Gasteiger partial charge is 0.0640 e. The van der Waals surface area contributed by atoms with Crippen molar-refractivity contribution >= 4 is 40.2 Å². The van der Waals surface area contributed by atoms with E-state index in [2.05, 4.69) is 90.5 Å². The second-order valence-corrected chi connectivity index (χ2v) is 8.46. The molecule has 0 N–H and O–H groups in total. The molecule has 0 amide bonds. The highest BCUT2D eigenvalue weighted by Gasteiger charge is 2.35. The van der Waals surface area contributed by atoms with Crippen molar-refractivity contribution in [2.45, 2.75) is 45.6 Å². The van der Waals surface area contributed by atoms with Gasteiger partial charge >= 0.3 is 0 Å². The summed E-state index contributed by atoms with van der Waals surface area (Å²) >= 11 is 2.32. The second kappa shape index (κ2) is 6.87. The molecular weight excluding hydrogens is 407 g/mol. The number of nitrogens with zero attached hydrogens (tertiary/aromatic N) is 2. The summed E-state index contributed by atoms with van der Waals surface area (Å²) in [5, 5.41) is 0. The summed E-state index contributed by atoms with van der Waals surface area (Å²) in [6.45, 7) is 10.3. The molecule has 0 aliphatic carbocycles. The van der Waals surface area contributed by atoms with Crippen molar-refractivity contribution in [2.75, 3.05) is 11.4 Å². The Balaban J connectivity index is 1.93. The van der Waals surface area contributed by atoms with Crippen molar-refractivity contribution < 1.29 is 0 Å². The zero-order valence-electron chi connectivity index (χ0n) is 14.9. The number of benzene rings is 2. The van der Waals surface area contributed by atoms with Crippen LogP contribution in [-0.4, -0.2) is 18.3 Å². The minimum atomic E-state index is 0.220. The molecule has 0 saturated heterocycles. The zero-order chi connectivity index (χ0) is 17.3. The number of aliphatic imine (C=N–C) groups is 1. The Morgan fingerprint density at radius 1 is 1.25 bits per heavy atom. The average molecular weight is 432 g/mol. The van der Waals surface area contributed by atoms with Gasteiger partial charge in [0.25, 0.3) is 0 Å². The highest BCUT2D eigenvalue weighted by atomic mass is 127. The first kappa shape index (κ1) is 17.5. The van der Waals surface area contributed by atoms with Crippen LogP contribution in [0.4, 0.5) is 11.4 Å². The fraction of sp³-hybridized carbons (Fsp3) is 0.381. The summed E-state index contributed by atoms with van der Waals surface area (Å²) in [7, 11) is 0. The molecule has 0 saturated carbocycles. The van der Waals surface area contributed by atoms with Gasteiger partial charge in [-0.25, -0.2) is 0 Å². The van der Waals surface area contributed by atoms with E-state index >= 15 is 0 Å². The fourth-order valence-corrected chi connectivity index (χ4v) is 4.42. The number of fused-ring (bicyclic) bond motifs is 1. The molecule has 0 spiro atoms. The highest BCUT2D eigenvalue weighted by molar-refractivity contribution is 14.1. The Labute approximate surface area is 159 Å². The van der Waals surface area contributed by atoms with Crippen LogP contribution in [-0.2, 0) is 0 Å². The zero-order valence-corrected chi connectivity index (χ0v) is 17.0. The van der Waals surface area contributed by atoms with Crippen molar-refractivity contribution in [1.29, 1.82) is 0 Å². The van der Waals surface area contributed by atoms with E-state index in [9.17, 15) is 0 Å². The van der Waals surface area contributed by atoms with E-state index in [-0.39, 0.29) is 5.54 Å². The largest absolute Gasteiger partial charge is 0.366 e. The lowest BCUT2D eigenvalue weighted by Crippen LogP contribution is -2.48. The lowest BCUT2D eigenvalue weighted by atomic mass is 9.79. The number of halogens is 1. The molecule has 2 aromatic carbocycles. The summed E-state index contributed by atoms with van der Waals surface area (Å²) in [5.74, 6) is 0.573. The third kappa shape index (κ3) is 3.51. The number of rotatable bonds is 3. The second-order valence-electron chi connectivity index (χ2n) is 7.22. The SMILES string of the molecule is CCN1c2ccc(C=Nc3cccc(I)c3)cc2C(C)CC1(C)C. The van der Waals surface area contributed by atoms with Crippen LogP contribution in [0.15, 0.2) is 47.5 Å². The Bertz CT molecular complexity index is 764. The van der Waals surface area contributed by atoms with Crippen molar-refractivity contribution in [3.05, 3.63) is 57.2 Å². The van der Waals surface area contributed by atoms with Crippen LogP contribution in [0.25, 0.3) is 0 Å². The van der Waals surface area contributed by atoms with Gasteiger partial charge in [0, 0.05) is 27.6 Å². The predicted octanol–water partition coefficient (Wildman–Crippen LogP) is 6.15. The molecule has 0 fully saturated rings. The monoisotopic (exact) mass is 432 g/mol. The van der Waals surface area contributed by atoms with E-state index in [4.69, 9.17) is 0 Å². The molecular formula is C21H25IN2. The van der Waals surface area contributed by atoms with Gasteiger partial charge in [0.15, 0.2) is 0 Å². The van der Waals surface area contributed by atoms with Crippen LogP contribution < -0.4 is 4.90 Å². The summed E-state index contributed by atoms with van der Waals surface area (Å²) < 4.78 is 1.21. The van der Waals surface area contributed by atoms with Gasteiger partial charge in [0.05, 0.1) is 5.69 Å². The van der Waals surface area contributed by atoms with Gasteiger partial charge in [-0.05, 0) is 97.2 Å². The molecule has 1 aliphatic rings. The van der Waals surface area contributed by atoms with Crippen LogP contribution in [0.3, 0.4) is 0 Å². The topological polar surface area (TPSA) is 15.6 Å². The summed E-state index contributed by atoms with van der Waals surface area (Å²) in [6.07, 6.45) is 3.17. The number of hydrogen-bond acceptors (Lipinski definition) is 2. The molecule has 3 rings (SSSR count). The number of hydrogen-bond donors (Lipinski definition) is 0. The van der Waals surface area contributed by atoms with Crippen LogP contribution in [0.1, 0.15) is 51.2 Å². The molecule has 24 heavy (non-hydrogen) atoms. The molecule has 1 unspecified atom stereocenters. The first-order valence-electron chi connectivity index (χ1n) is 8.62. The van der Waals surface area contributed by atoms with E-state index in [1.54, 1.807) is 0 Å². The van der Waals surface area contributed by atoms with Crippen LogP contribution in [0.2, 0.25) is 0 Å². The minimum Gasteiger partial charge on any atom is -0.366 e. The highest BCUT2D eigenvalue weighted by Crippen LogP contribution is 2.43. The van der Waals surface area contributed by atoms with E-state index < -0.39 is 0 Å². The van der Waals surface area contributed by atoms with Gasteiger partial charge < -0.3 is 4.90 Å². The van der Waals surface area contributed by atoms with Crippen molar-refractivity contribution in [3.63, 3.8) is 0 Å². The Morgan fingerprint density at radius 3 is 2.75 bits per heavy atom. The molecule has 2 aromatic rings. The fourth-order valence-electron chi connectivity index (χ4n) is 3.89. The third-order valence-corrected chi connectivity index (χ3v) is 5.57. The molecule has 3 heteroatoms. The summed E-state index contributed by atoms with van der Waals surface area (Å²) in [6, 6.07) is 15.0. The van der Waals surface area contributed by atoms with Crippen molar-refractivity contribution in [3.8, 4) is 0 Å². The standard InChI is InChI=1S/C21H25IN2/c1-5-24-20-10-9-16(11-19(20)15(2)13-21(24,3)4)14-23-18-8-6-7-17(22)12-18/h6-12,14-15H,5,13H2,1-4H3. The molecule has 1 atom stereocenters. The molecule has 126 valence electrons. The number of anilines is 1. The van der Waals surface area contributed by atoms with Crippen LogP contribution in [0.5, 0.6) is 0 Å². The van der Waals surface area contributed by atoms with Crippen molar-refractivity contribution in [2.24, 2.45) is 4.99 Å². The van der Waals surface area contributed by atoms with E-state index in [1.165, 1.54) is 26.8 Å². The molecule has 1 heterocycles. The van der Waals surface area contributed by atoms with E-state index in [0.29, 0.717) is 5.92 Å². The van der Waals surface area contributed by atoms with Crippen LogP contribution in [0, 0.1) is 3.57 Å². The minimum absolute atomic E-state index is 0.220. The van der Waals surface area contributed by atoms with Gasteiger partial charge in [-0.3, -0.25) is 4.99 Å². The summed E-state index contributed by atoms with van der Waals surface area (Å²) in [4.78, 5) is 7.17. The van der Waals surface area contributed by atoms with Crippen molar-refractivity contribution in [1.82, 2.24) is 0 Å². The van der Waals surface area contributed by atoms with Crippen LogP contribution >= 0.6 is 22.6 Å². The molecule has 0 aromatic heterocycles. The van der Waals surface area contributed by atoms with Gasteiger partial charge in [0.2, 0.25) is 0 Å². The summed E-state index contributed by atoms with van der Waals surface area (Å²) in [5.41, 5.74) is 5.23. The Hall–Kier alpha value is -1.36.